The Bertz CT molecular complexity index is 656. The minimum absolute atomic E-state index is 0.216. The molecular formula is C19H30N4O3. The number of nitrogens with zero attached hydrogens (tertiary/aromatic N) is 3. The molecule has 1 amide bonds. The molecule has 3 rings (SSSR count). The van der Waals surface area contributed by atoms with Gasteiger partial charge in [-0.2, -0.15) is 4.98 Å². The van der Waals surface area contributed by atoms with E-state index in [0.717, 1.165) is 69.2 Å². The highest BCUT2D eigenvalue weighted by Gasteiger charge is 2.28. The average molecular weight is 362 g/mol. The summed E-state index contributed by atoms with van der Waals surface area (Å²) in [5.41, 5.74) is 2.21. The molecule has 0 radical (unpaired) electrons. The van der Waals surface area contributed by atoms with Crippen molar-refractivity contribution in [2.45, 2.75) is 52.0 Å². The van der Waals surface area contributed by atoms with Crippen LogP contribution in [0.4, 0.5) is 0 Å². The van der Waals surface area contributed by atoms with E-state index < -0.39 is 0 Å². The summed E-state index contributed by atoms with van der Waals surface area (Å²) in [7, 11) is 0. The lowest BCUT2D eigenvalue weighted by Crippen LogP contribution is -2.51. The number of hydrogen-bond acceptors (Lipinski definition) is 5. The highest BCUT2D eigenvalue weighted by molar-refractivity contribution is 5.77. The maximum Gasteiger partial charge on any atom is 0.345 e. The van der Waals surface area contributed by atoms with Crippen LogP contribution < -0.4 is 5.69 Å². The molecule has 3 heterocycles. The number of amides is 1. The number of rotatable bonds is 5. The average Bonchev–Trinajstić information content (AvgIpc) is 2.62. The van der Waals surface area contributed by atoms with Crippen molar-refractivity contribution in [1.82, 2.24) is 19.8 Å². The molecule has 7 heteroatoms. The van der Waals surface area contributed by atoms with Crippen molar-refractivity contribution in [3.8, 4) is 0 Å². The van der Waals surface area contributed by atoms with Crippen molar-refractivity contribution in [2.75, 3.05) is 39.4 Å². The quantitative estimate of drug-likeness (QED) is 0.846. The largest absolute Gasteiger partial charge is 0.379 e. The number of aromatic amines is 1. The van der Waals surface area contributed by atoms with Crippen LogP contribution in [0.2, 0.25) is 0 Å². The van der Waals surface area contributed by atoms with E-state index in [1.54, 1.807) is 0 Å². The third kappa shape index (κ3) is 4.71. The van der Waals surface area contributed by atoms with Gasteiger partial charge in [0.15, 0.2) is 0 Å². The van der Waals surface area contributed by atoms with Crippen molar-refractivity contribution < 1.29 is 9.53 Å². The van der Waals surface area contributed by atoms with Gasteiger partial charge in [-0.15, -0.1) is 0 Å². The van der Waals surface area contributed by atoms with Crippen molar-refractivity contribution in [2.24, 2.45) is 0 Å². The van der Waals surface area contributed by atoms with Crippen LogP contribution >= 0.6 is 0 Å². The molecule has 0 aliphatic carbocycles. The van der Waals surface area contributed by atoms with Gasteiger partial charge in [0.05, 0.1) is 13.2 Å². The lowest BCUT2D eigenvalue weighted by molar-refractivity contribution is -0.135. The lowest BCUT2D eigenvalue weighted by Gasteiger charge is -2.39. The van der Waals surface area contributed by atoms with Crippen LogP contribution in [0.5, 0.6) is 0 Å². The topological polar surface area (TPSA) is 78.5 Å². The van der Waals surface area contributed by atoms with E-state index in [2.05, 4.69) is 19.8 Å². The Labute approximate surface area is 154 Å². The van der Waals surface area contributed by atoms with Gasteiger partial charge in [-0.1, -0.05) is 0 Å². The molecule has 1 aromatic rings. The fraction of sp³-hybridized carbons (Fsp3) is 0.737. The highest BCUT2D eigenvalue weighted by atomic mass is 16.5. The highest BCUT2D eigenvalue weighted by Crippen LogP contribution is 2.20. The monoisotopic (exact) mass is 362 g/mol. The number of morpholine rings is 1. The minimum atomic E-state index is -0.323. The summed E-state index contributed by atoms with van der Waals surface area (Å²) in [5, 5.41) is 0. The molecule has 2 aliphatic heterocycles. The van der Waals surface area contributed by atoms with E-state index in [4.69, 9.17) is 4.74 Å². The third-order valence-electron chi connectivity index (χ3n) is 5.56. The van der Waals surface area contributed by atoms with Crippen molar-refractivity contribution >= 4 is 5.91 Å². The van der Waals surface area contributed by atoms with Gasteiger partial charge >= 0.3 is 5.69 Å². The molecule has 1 aromatic heterocycles. The van der Waals surface area contributed by atoms with Crippen LogP contribution in [0.3, 0.4) is 0 Å². The fourth-order valence-electron chi connectivity index (χ4n) is 4.10. The first kappa shape index (κ1) is 19.0. The lowest BCUT2D eigenvalue weighted by atomic mass is 9.99. The molecule has 1 N–H and O–H groups in total. The SMILES string of the molecule is Cc1nc(=O)[nH]c(C)c1CCC(=O)N1CCCCC1CN1CCOCC1. The van der Waals surface area contributed by atoms with E-state index in [-0.39, 0.29) is 11.6 Å². The Morgan fingerprint density at radius 3 is 2.73 bits per heavy atom. The first-order valence-corrected chi connectivity index (χ1v) is 9.70. The smallest absolute Gasteiger partial charge is 0.345 e. The predicted molar refractivity (Wildman–Crippen MR) is 99.3 cm³/mol. The molecule has 2 saturated heterocycles. The molecule has 2 aliphatic rings. The molecule has 0 saturated carbocycles. The second kappa shape index (κ2) is 8.77. The molecule has 0 bridgehead atoms. The summed E-state index contributed by atoms with van der Waals surface area (Å²) in [5.74, 6) is 0.216. The van der Waals surface area contributed by atoms with Crippen LogP contribution in [0.15, 0.2) is 4.79 Å². The number of aryl methyl sites for hydroxylation is 2. The number of likely N-dealkylation sites (tertiary alicyclic amines) is 1. The van der Waals surface area contributed by atoms with Crippen molar-refractivity contribution in [3.05, 3.63) is 27.4 Å². The Morgan fingerprint density at radius 2 is 2.00 bits per heavy atom. The maximum atomic E-state index is 12.9. The van der Waals surface area contributed by atoms with Gasteiger partial charge in [-0.3, -0.25) is 9.69 Å². The number of hydrogen-bond donors (Lipinski definition) is 1. The zero-order valence-corrected chi connectivity index (χ0v) is 15.9. The van der Waals surface area contributed by atoms with Gasteiger partial charge in [0.1, 0.15) is 0 Å². The zero-order valence-electron chi connectivity index (χ0n) is 15.9. The Morgan fingerprint density at radius 1 is 1.23 bits per heavy atom. The van der Waals surface area contributed by atoms with E-state index in [1.807, 2.05) is 13.8 Å². The summed E-state index contributed by atoms with van der Waals surface area (Å²) in [4.78, 5) is 35.5. The van der Waals surface area contributed by atoms with Gasteiger partial charge in [0.25, 0.3) is 0 Å². The van der Waals surface area contributed by atoms with E-state index >= 15 is 0 Å². The summed E-state index contributed by atoms with van der Waals surface area (Å²) >= 11 is 0. The fourth-order valence-corrected chi connectivity index (χ4v) is 4.10. The number of nitrogens with one attached hydrogen (secondary N) is 1. The third-order valence-corrected chi connectivity index (χ3v) is 5.56. The molecule has 0 aromatic carbocycles. The second-order valence-electron chi connectivity index (χ2n) is 7.38. The number of H-pyrrole nitrogens is 1. The van der Waals surface area contributed by atoms with Gasteiger partial charge in [-0.05, 0) is 45.1 Å². The first-order chi connectivity index (χ1) is 12.5. The van der Waals surface area contributed by atoms with Crippen molar-refractivity contribution in [3.63, 3.8) is 0 Å². The number of carbonyl (C=O) groups is 1. The van der Waals surface area contributed by atoms with Crippen molar-refractivity contribution in [1.29, 1.82) is 0 Å². The minimum Gasteiger partial charge on any atom is -0.379 e. The van der Waals surface area contributed by atoms with E-state index in [9.17, 15) is 9.59 Å². The predicted octanol–water partition coefficient (Wildman–Crippen LogP) is 1.03. The van der Waals surface area contributed by atoms with Gasteiger partial charge in [0, 0.05) is 50.0 Å². The van der Waals surface area contributed by atoms with Gasteiger partial charge in [0.2, 0.25) is 5.91 Å². The van der Waals surface area contributed by atoms with E-state index in [0.29, 0.717) is 18.9 Å². The maximum absolute atomic E-state index is 12.9. The van der Waals surface area contributed by atoms with Crippen LogP contribution in [-0.2, 0) is 16.0 Å². The van der Waals surface area contributed by atoms with Crippen LogP contribution in [0.1, 0.15) is 42.6 Å². The second-order valence-corrected chi connectivity index (χ2v) is 7.38. The molecule has 144 valence electrons. The molecule has 1 unspecified atom stereocenters. The van der Waals surface area contributed by atoms with Gasteiger partial charge in [-0.25, -0.2) is 4.79 Å². The number of carbonyl (C=O) groups excluding carboxylic acids is 1. The number of aromatic nitrogens is 2. The van der Waals surface area contributed by atoms with Crippen LogP contribution in [0, 0.1) is 13.8 Å². The zero-order chi connectivity index (χ0) is 18.5. The summed E-state index contributed by atoms with van der Waals surface area (Å²) in [6.07, 6.45) is 4.46. The molecule has 1 atom stereocenters. The first-order valence-electron chi connectivity index (χ1n) is 9.70. The summed E-state index contributed by atoms with van der Waals surface area (Å²) in [6.45, 7) is 9.02. The molecular weight excluding hydrogens is 332 g/mol. The van der Waals surface area contributed by atoms with Crippen LogP contribution in [0.25, 0.3) is 0 Å². The summed E-state index contributed by atoms with van der Waals surface area (Å²) < 4.78 is 5.43. The van der Waals surface area contributed by atoms with Crippen LogP contribution in [-0.4, -0.2) is 71.1 Å². The standard InChI is InChI=1S/C19H30N4O3/c1-14-17(15(2)21-19(25)20-14)6-7-18(24)23-8-4-3-5-16(23)13-22-9-11-26-12-10-22/h16H,3-13H2,1-2H3,(H,20,21,25). The van der Waals surface area contributed by atoms with Gasteiger partial charge < -0.3 is 14.6 Å². The Kier molecular flexibility index (Phi) is 6.43. The summed E-state index contributed by atoms with van der Waals surface area (Å²) in [6, 6.07) is 0.310. The number of piperidine rings is 1. The number of ether oxygens (including phenoxy) is 1. The Hall–Kier alpha value is -1.73. The molecule has 7 nitrogen and oxygen atoms in total. The molecule has 26 heavy (non-hydrogen) atoms. The Balaban J connectivity index is 1.60. The molecule has 2 fully saturated rings. The normalized spacial score (nSPS) is 21.8. The van der Waals surface area contributed by atoms with E-state index in [1.165, 1.54) is 6.42 Å². The molecule has 0 spiro atoms.